The van der Waals surface area contributed by atoms with Gasteiger partial charge in [-0.15, -0.1) is 0 Å². The Morgan fingerprint density at radius 2 is 2.33 bits per heavy atom. The third-order valence-corrected chi connectivity index (χ3v) is 3.53. The monoisotopic (exact) mass is 209 g/mol. The van der Waals surface area contributed by atoms with Crippen LogP contribution in [0.2, 0.25) is 0 Å². The van der Waals surface area contributed by atoms with Crippen molar-refractivity contribution in [2.45, 2.75) is 12.8 Å². The molecule has 1 aliphatic rings. The minimum absolute atomic E-state index is 0.137. The molecule has 1 atom stereocenters. The molecule has 1 unspecified atom stereocenters. The second-order valence-corrected chi connectivity index (χ2v) is 5.71. The summed E-state index contributed by atoms with van der Waals surface area (Å²) in [5, 5.41) is 3.15. The van der Waals surface area contributed by atoms with Crippen LogP contribution in [0.3, 0.4) is 0 Å². The highest BCUT2D eigenvalue weighted by Gasteiger charge is 2.20. The molecule has 0 bridgehead atoms. The average molecular weight is 210 g/mol. The van der Waals surface area contributed by atoms with Gasteiger partial charge in [0, 0.05) is 10.7 Å². The largest absolute Gasteiger partial charge is 0.316 e. The number of hydrogen-bond acceptors (Lipinski definition) is 3. The number of halogens is 1. The van der Waals surface area contributed by atoms with Crippen molar-refractivity contribution >= 4 is 19.7 Å². The maximum absolute atomic E-state index is 10.8. The molecule has 0 aromatic heterocycles. The van der Waals surface area contributed by atoms with Crippen LogP contribution < -0.4 is 5.32 Å². The van der Waals surface area contributed by atoms with Crippen molar-refractivity contribution in [3.8, 4) is 0 Å². The van der Waals surface area contributed by atoms with Gasteiger partial charge in [-0.25, -0.2) is 8.42 Å². The zero-order chi connectivity index (χ0) is 9.19. The fourth-order valence-corrected chi connectivity index (χ4v) is 1.93. The van der Waals surface area contributed by atoms with Crippen LogP contribution in [0.15, 0.2) is 11.5 Å². The van der Waals surface area contributed by atoms with E-state index < -0.39 is 9.05 Å². The molecule has 1 N–H and O–H groups in total. The maximum Gasteiger partial charge on any atom is 0.256 e. The molecule has 1 rings (SSSR count). The standard InChI is InChI=1S/C7H12ClNO2S/c1-6(12(8,10)11)4-7-2-3-9-5-7/h7,9H,1-5H2. The summed E-state index contributed by atoms with van der Waals surface area (Å²) in [5.41, 5.74) is 0. The van der Waals surface area contributed by atoms with E-state index in [0.717, 1.165) is 19.5 Å². The van der Waals surface area contributed by atoms with Crippen molar-refractivity contribution in [2.75, 3.05) is 13.1 Å². The van der Waals surface area contributed by atoms with Crippen LogP contribution in [0.5, 0.6) is 0 Å². The van der Waals surface area contributed by atoms with Crippen LogP contribution in [0.4, 0.5) is 0 Å². The molecule has 0 amide bonds. The highest BCUT2D eigenvalue weighted by Crippen LogP contribution is 2.22. The molecule has 5 heteroatoms. The van der Waals surface area contributed by atoms with E-state index in [-0.39, 0.29) is 4.91 Å². The highest BCUT2D eigenvalue weighted by atomic mass is 35.7. The number of allylic oxidation sites excluding steroid dienone is 1. The topological polar surface area (TPSA) is 46.2 Å². The molecule has 1 saturated heterocycles. The molecule has 1 heterocycles. The van der Waals surface area contributed by atoms with Crippen LogP contribution in [0.25, 0.3) is 0 Å². The summed E-state index contributed by atoms with van der Waals surface area (Å²) in [6, 6.07) is 0. The van der Waals surface area contributed by atoms with Crippen molar-refractivity contribution < 1.29 is 8.42 Å². The highest BCUT2D eigenvalue weighted by molar-refractivity contribution is 8.16. The molecule has 0 spiro atoms. The van der Waals surface area contributed by atoms with Gasteiger partial charge < -0.3 is 5.32 Å². The van der Waals surface area contributed by atoms with E-state index in [1.807, 2.05) is 0 Å². The Bertz CT molecular complexity index is 267. The lowest BCUT2D eigenvalue weighted by molar-refractivity contribution is 0.575. The first-order chi connectivity index (χ1) is 5.50. The molecule has 0 aromatic rings. The molecule has 0 saturated carbocycles. The van der Waals surface area contributed by atoms with Gasteiger partial charge in [0.2, 0.25) is 0 Å². The minimum atomic E-state index is -3.54. The van der Waals surface area contributed by atoms with E-state index in [4.69, 9.17) is 10.7 Å². The number of rotatable bonds is 3. The summed E-state index contributed by atoms with van der Waals surface area (Å²) in [6.45, 7) is 5.27. The Morgan fingerprint density at radius 1 is 1.67 bits per heavy atom. The Balaban J connectivity index is 2.46. The quantitative estimate of drug-likeness (QED) is 0.708. The Kier molecular flexibility index (Phi) is 3.15. The molecular formula is C7H12ClNO2S. The molecule has 1 aliphatic heterocycles. The van der Waals surface area contributed by atoms with E-state index in [1.54, 1.807) is 0 Å². The van der Waals surface area contributed by atoms with Gasteiger partial charge in [-0.2, -0.15) is 0 Å². The van der Waals surface area contributed by atoms with Gasteiger partial charge in [-0.1, -0.05) is 6.58 Å². The molecule has 0 radical (unpaired) electrons. The molecule has 70 valence electrons. The van der Waals surface area contributed by atoms with Gasteiger partial charge in [0.05, 0.1) is 4.91 Å². The van der Waals surface area contributed by atoms with Gasteiger partial charge in [0.15, 0.2) is 0 Å². The number of nitrogens with one attached hydrogen (secondary N) is 1. The Hall–Kier alpha value is -0.0600. The van der Waals surface area contributed by atoms with E-state index in [9.17, 15) is 8.42 Å². The van der Waals surface area contributed by atoms with Gasteiger partial charge in [-0.3, -0.25) is 0 Å². The van der Waals surface area contributed by atoms with Gasteiger partial charge in [0.25, 0.3) is 9.05 Å². The summed E-state index contributed by atoms with van der Waals surface area (Å²) in [6.07, 6.45) is 1.49. The maximum atomic E-state index is 10.8. The van der Waals surface area contributed by atoms with E-state index in [0.29, 0.717) is 12.3 Å². The normalized spacial score (nSPS) is 24.2. The lowest BCUT2D eigenvalue weighted by Crippen LogP contribution is -2.10. The van der Waals surface area contributed by atoms with Gasteiger partial charge >= 0.3 is 0 Å². The molecular weight excluding hydrogens is 198 g/mol. The van der Waals surface area contributed by atoms with E-state index in [1.165, 1.54) is 0 Å². The zero-order valence-corrected chi connectivity index (χ0v) is 8.29. The Labute approximate surface area is 77.2 Å². The lowest BCUT2D eigenvalue weighted by Gasteiger charge is -2.07. The van der Waals surface area contributed by atoms with Crippen molar-refractivity contribution in [3.05, 3.63) is 11.5 Å². The molecule has 3 nitrogen and oxygen atoms in total. The SMILES string of the molecule is C=C(CC1CCNC1)S(=O)(=O)Cl. The summed E-state index contributed by atoms with van der Waals surface area (Å²) in [4.78, 5) is 0.137. The van der Waals surface area contributed by atoms with Gasteiger partial charge in [-0.05, 0) is 31.8 Å². The third kappa shape index (κ3) is 2.77. The number of hydrogen-bond donors (Lipinski definition) is 1. The fraction of sp³-hybridized carbons (Fsp3) is 0.714. The first-order valence-electron chi connectivity index (χ1n) is 3.83. The zero-order valence-electron chi connectivity index (χ0n) is 6.72. The Morgan fingerprint density at radius 3 is 2.75 bits per heavy atom. The predicted octanol–water partition coefficient (Wildman–Crippen LogP) is 1.07. The van der Waals surface area contributed by atoms with Crippen LogP contribution in [0, 0.1) is 5.92 Å². The first kappa shape index (κ1) is 10.0. The summed E-state index contributed by atoms with van der Waals surface area (Å²) in [7, 11) is 1.57. The second kappa shape index (κ2) is 3.77. The summed E-state index contributed by atoms with van der Waals surface area (Å²) < 4.78 is 21.5. The van der Waals surface area contributed by atoms with Crippen LogP contribution in [0.1, 0.15) is 12.8 Å². The second-order valence-electron chi connectivity index (χ2n) is 3.04. The predicted molar refractivity (Wildman–Crippen MR) is 49.5 cm³/mol. The van der Waals surface area contributed by atoms with Crippen molar-refractivity contribution in [1.29, 1.82) is 0 Å². The van der Waals surface area contributed by atoms with Crippen LogP contribution >= 0.6 is 10.7 Å². The van der Waals surface area contributed by atoms with Crippen LogP contribution in [-0.2, 0) is 9.05 Å². The average Bonchev–Trinajstić information content (AvgIpc) is 2.37. The molecule has 1 fully saturated rings. The van der Waals surface area contributed by atoms with E-state index in [2.05, 4.69) is 11.9 Å². The van der Waals surface area contributed by atoms with Crippen molar-refractivity contribution in [2.24, 2.45) is 5.92 Å². The summed E-state index contributed by atoms with van der Waals surface area (Å²) >= 11 is 0. The lowest BCUT2D eigenvalue weighted by atomic mass is 10.1. The van der Waals surface area contributed by atoms with E-state index >= 15 is 0 Å². The molecule has 0 aromatic carbocycles. The third-order valence-electron chi connectivity index (χ3n) is 2.02. The summed E-state index contributed by atoms with van der Waals surface area (Å²) in [5.74, 6) is 0.381. The molecule has 0 aliphatic carbocycles. The van der Waals surface area contributed by atoms with Crippen molar-refractivity contribution in [3.63, 3.8) is 0 Å². The van der Waals surface area contributed by atoms with Crippen LogP contribution in [-0.4, -0.2) is 21.5 Å². The fourth-order valence-electron chi connectivity index (χ4n) is 1.31. The first-order valence-corrected chi connectivity index (χ1v) is 6.14. The van der Waals surface area contributed by atoms with Crippen molar-refractivity contribution in [1.82, 2.24) is 5.32 Å². The smallest absolute Gasteiger partial charge is 0.256 e. The van der Waals surface area contributed by atoms with Gasteiger partial charge in [0.1, 0.15) is 0 Å². The molecule has 12 heavy (non-hydrogen) atoms. The minimum Gasteiger partial charge on any atom is -0.316 e.